The van der Waals surface area contributed by atoms with Crippen LogP contribution < -0.4 is 9.62 Å². The Labute approximate surface area is 153 Å². The second kappa shape index (κ2) is 7.37. The Hall–Kier alpha value is -2.54. The number of sulfonamides is 1. The Morgan fingerprint density at radius 1 is 1.12 bits per heavy atom. The van der Waals surface area contributed by atoms with Crippen molar-refractivity contribution in [3.8, 4) is 0 Å². The Morgan fingerprint density at radius 2 is 1.77 bits per heavy atom. The summed E-state index contributed by atoms with van der Waals surface area (Å²) in [6.07, 6.45) is 2.32. The van der Waals surface area contributed by atoms with Crippen molar-refractivity contribution in [1.29, 1.82) is 0 Å². The van der Waals surface area contributed by atoms with E-state index in [0.29, 0.717) is 5.69 Å². The number of nitrogens with one attached hydrogen (secondary N) is 1. The fourth-order valence-corrected chi connectivity index (χ4v) is 4.12. The minimum absolute atomic E-state index is 0.0671. The molecule has 6 nitrogen and oxygen atoms in total. The van der Waals surface area contributed by atoms with Crippen LogP contribution in [0.15, 0.2) is 53.4 Å². The van der Waals surface area contributed by atoms with Gasteiger partial charge in [-0.1, -0.05) is 13.0 Å². The molecule has 3 rings (SSSR count). The number of rotatable bonds is 5. The molecule has 1 fully saturated rings. The van der Waals surface area contributed by atoms with Gasteiger partial charge in [-0.3, -0.25) is 4.72 Å². The fourth-order valence-electron chi connectivity index (χ4n) is 3.02. The van der Waals surface area contributed by atoms with Crippen molar-refractivity contribution in [3.63, 3.8) is 0 Å². The maximum atomic E-state index is 12.5. The molecule has 26 heavy (non-hydrogen) atoms. The van der Waals surface area contributed by atoms with Gasteiger partial charge in [-0.15, -0.1) is 0 Å². The number of nitrogens with zero attached hydrogens (tertiary/aromatic N) is 1. The number of hydrogen-bond acceptors (Lipinski definition) is 4. The zero-order valence-corrected chi connectivity index (χ0v) is 15.4. The monoisotopic (exact) mass is 374 g/mol. The first-order chi connectivity index (χ1) is 12.3. The van der Waals surface area contributed by atoms with Crippen LogP contribution in [0.3, 0.4) is 0 Å². The summed E-state index contributed by atoms with van der Waals surface area (Å²) in [5.41, 5.74) is 1.45. The second-order valence-corrected chi connectivity index (χ2v) is 8.34. The normalized spacial score (nSPS) is 15.7. The van der Waals surface area contributed by atoms with Crippen molar-refractivity contribution >= 4 is 27.4 Å². The molecule has 0 unspecified atom stereocenters. The van der Waals surface area contributed by atoms with E-state index < -0.39 is 16.0 Å². The largest absolute Gasteiger partial charge is 0.478 e. The molecular formula is C19H22N2O4S. The number of carboxylic acid groups (broad SMARTS) is 1. The molecule has 1 aliphatic rings. The molecule has 0 spiro atoms. The molecule has 1 heterocycles. The zero-order chi connectivity index (χ0) is 18.7. The molecule has 7 heteroatoms. The van der Waals surface area contributed by atoms with Crippen molar-refractivity contribution in [2.75, 3.05) is 22.7 Å². The lowest BCUT2D eigenvalue weighted by molar-refractivity contribution is 0.0696. The summed E-state index contributed by atoms with van der Waals surface area (Å²) in [5.74, 6) is -0.416. The van der Waals surface area contributed by atoms with Crippen molar-refractivity contribution in [3.05, 3.63) is 54.1 Å². The SMILES string of the molecule is CC1CCN(c2ccc(NS(=O)(=O)c3cccc(C(=O)O)c3)cc2)CC1. The Kier molecular flexibility index (Phi) is 5.18. The first kappa shape index (κ1) is 18.3. The molecule has 0 radical (unpaired) electrons. The smallest absolute Gasteiger partial charge is 0.335 e. The Balaban J connectivity index is 1.74. The van der Waals surface area contributed by atoms with Crippen molar-refractivity contribution in [2.45, 2.75) is 24.7 Å². The van der Waals surface area contributed by atoms with Crippen LogP contribution in [0.25, 0.3) is 0 Å². The summed E-state index contributed by atoms with van der Waals surface area (Å²) in [4.78, 5) is 13.2. The lowest BCUT2D eigenvalue weighted by Crippen LogP contribution is -2.32. The minimum Gasteiger partial charge on any atom is -0.478 e. The van der Waals surface area contributed by atoms with E-state index in [9.17, 15) is 13.2 Å². The van der Waals surface area contributed by atoms with Crippen LogP contribution in [0.2, 0.25) is 0 Å². The molecule has 0 bridgehead atoms. The van der Waals surface area contributed by atoms with Crippen molar-refractivity contribution in [2.24, 2.45) is 5.92 Å². The van der Waals surface area contributed by atoms with Gasteiger partial charge in [0.15, 0.2) is 0 Å². The van der Waals surface area contributed by atoms with E-state index in [4.69, 9.17) is 5.11 Å². The highest BCUT2D eigenvalue weighted by atomic mass is 32.2. The molecule has 138 valence electrons. The van der Waals surface area contributed by atoms with Gasteiger partial charge in [0.2, 0.25) is 0 Å². The fraction of sp³-hybridized carbons (Fsp3) is 0.316. The molecule has 0 amide bonds. The van der Waals surface area contributed by atoms with Crippen LogP contribution in [0.5, 0.6) is 0 Å². The molecule has 0 aromatic heterocycles. The highest BCUT2D eigenvalue weighted by molar-refractivity contribution is 7.92. The van der Waals surface area contributed by atoms with Crippen LogP contribution in [-0.4, -0.2) is 32.6 Å². The molecule has 2 N–H and O–H groups in total. The average Bonchev–Trinajstić information content (AvgIpc) is 2.63. The van der Waals surface area contributed by atoms with Crippen LogP contribution in [0.4, 0.5) is 11.4 Å². The van der Waals surface area contributed by atoms with Gasteiger partial charge in [0, 0.05) is 24.5 Å². The molecule has 1 saturated heterocycles. The van der Waals surface area contributed by atoms with E-state index in [1.807, 2.05) is 12.1 Å². The quantitative estimate of drug-likeness (QED) is 0.837. The lowest BCUT2D eigenvalue weighted by atomic mass is 9.99. The first-order valence-corrected chi connectivity index (χ1v) is 10.0. The van der Waals surface area contributed by atoms with Gasteiger partial charge < -0.3 is 10.0 Å². The summed E-state index contributed by atoms with van der Waals surface area (Å²) in [6, 6.07) is 12.6. The lowest BCUT2D eigenvalue weighted by Gasteiger charge is -2.32. The second-order valence-electron chi connectivity index (χ2n) is 6.65. The van der Waals surface area contributed by atoms with Crippen LogP contribution in [-0.2, 0) is 10.0 Å². The van der Waals surface area contributed by atoms with Gasteiger partial charge >= 0.3 is 5.97 Å². The van der Waals surface area contributed by atoms with E-state index in [1.165, 1.54) is 18.2 Å². The third-order valence-electron chi connectivity index (χ3n) is 4.66. The van der Waals surface area contributed by atoms with E-state index in [-0.39, 0.29) is 10.5 Å². The predicted octanol–water partition coefficient (Wildman–Crippen LogP) is 3.42. The van der Waals surface area contributed by atoms with E-state index in [0.717, 1.165) is 43.6 Å². The maximum absolute atomic E-state index is 12.5. The highest BCUT2D eigenvalue weighted by Gasteiger charge is 2.18. The number of anilines is 2. The minimum atomic E-state index is -3.84. The van der Waals surface area contributed by atoms with Gasteiger partial charge in [0.1, 0.15) is 0 Å². The summed E-state index contributed by atoms with van der Waals surface area (Å²) in [7, 11) is -3.84. The molecule has 2 aromatic carbocycles. The molecule has 0 atom stereocenters. The summed E-state index contributed by atoms with van der Waals surface area (Å²) in [5, 5.41) is 9.02. The molecule has 0 aliphatic carbocycles. The van der Waals surface area contributed by atoms with Gasteiger partial charge in [-0.25, -0.2) is 13.2 Å². The number of aromatic carboxylic acids is 1. The average molecular weight is 374 g/mol. The third kappa shape index (κ3) is 4.16. The highest BCUT2D eigenvalue weighted by Crippen LogP contribution is 2.25. The number of carbonyl (C=O) groups is 1. The van der Waals surface area contributed by atoms with Gasteiger partial charge in [0.05, 0.1) is 10.5 Å². The molecule has 1 aliphatic heterocycles. The summed E-state index contributed by atoms with van der Waals surface area (Å²) < 4.78 is 27.5. The molecule has 2 aromatic rings. The van der Waals surface area contributed by atoms with Crippen molar-refractivity contribution < 1.29 is 18.3 Å². The summed E-state index contributed by atoms with van der Waals surface area (Å²) in [6.45, 7) is 4.27. The van der Waals surface area contributed by atoms with E-state index in [1.54, 1.807) is 12.1 Å². The van der Waals surface area contributed by atoms with Gasteiger partial charge in [-0.2, -0.15) is 0 Å². The number of benzene rings is 2. The topological polar surface area (TPSA) is 86.7 Å². The summed E-state index contributed by atoms with van der Waals surface area (Å²) >= 11 is 0. The third-order valence-corrected chi connectivity index (χ3v) is 6.04. The Morgan fingerprint density at radius 3 is 2.38 bits per heavy atom. The van der Waals surface area contributed by atoms with Crippen LogP contribution in [0.1, 0.15) is 30.1 Å². The molecular weight excluding hydrogens is 352 g/mol. The first-order valence-electron chi connectivity index (χ1n) is 8.56. The van der Waals surface area contributed by atoms with Crippen LogP contribution >= 0.6 is 0 Å². The number of hydrogen-bond donors (Lipinski definition) is 2. The number of piperidine rings is 1. The number of carboxylic acids is 1. The van der Waals surface area contributed by atoms with E-state index >= 15 is 0 Å². The maximum Gasteiger partial charge on any atom is 0.335 e. The Bertz CT molecular complexity index is 886. The van der Waals surface area contributed by atoms with E-state index in [2.05, 4.69) is 16.5 Å². The molecule has 0 saturated carbocycles. The zero-order valence-electron chi connectivity index (χ0n) is 14.6. The van der Waals surface area contributed by atoms with Gasteiger partial charge in [0.25, 0.3) is 10.0 Å². The predicted molar refractivity (Wildman–Crippen MR) is 101 cm³/mol. The standard InChI is InChI=1S/C19H22N2O4S/c1-14-9-11-21(12-10-14)17-7-5-16(6-8-17)20-26(24,25)18-4-2-3-15(13-18)19(22)23/h2-8,13-14,20H,9-12H2,1H3,(H,22,23). The van der Waals surface area contributed by atoms with Crippen LogP contribution in [0, 0.1) is 5.92 Å². The van der Waals surface area contributed by atoms with Crippen molar-refractivity contribution in [1.82, 2.24) is 0 Å². The van der Waals surface area contributed by atoms with Gasteiger partial charge in [-0.05, 0) is 61.2 Å².